The molecule has 0 aliphatic carbocycles. The van der Waals surface area contributed by atoms with Crippen LogP contribution >= 0.6 is 0 Å². The monoisotopic (exact) mass is 457 g/mol. The predicted octanol–water partition coefficient (Wildman–Crippen LogP) is 4.21. The average Bonchev–Trinajstić information content (AvgIpc) is 2.72. The summed E-state index contributed by atoms with van der Waals surface area (Å²) in [4.78, 5) is 28.0. The Morgan fingerprint density at radius 3 is 2.41 bits per heavy atom. The van der Waals surface area contributed by atoms with Crippen molar-refractivity contribution in [1.29, 1.82) is 0 Å². The number of piperidine rings is 1. The van der Waals surface area contributed by atoms with Gasteiger partial charge in [0.1, 0.15) is 0 Å². The van der Waals surface area contributed by atoms with Gasteiger partial charge >= 0.3 is 0 Å². The van der Waals surface area contributed by atoms with Crippen LogP contribution in [0.25, 0.3) is 0 Å². The number of sulfonamides is 1. The van der Waals surface area contributed by atoms with E-state index in [1.54, 1.807) is 49.4 Å². The second kappa shape index (κ2) is 10.2. The van der Waals surface area contributed by atoms with Crippen molar-refractivity contribution >= 4 is 33.2 Å². The molecule has 0 spiro atoms. The Hall–Kier alpha value is -2.87. The minimum Gasteiger partial charge on any atom is -0.338 e. The fraction of sp³-hybridized carbons (Fsp3) is 0.417. The van der Waals surface area contributed by atoms with Crippen LogP contribution in [0.4, 0.5) is 11.4 Å². The molecule has 0 aromatic heterocycles. The average molecular weight is 458 g/mol. The Labute approximate surface area is 190 Å². The molecule has 0 bridgehead atoms. The molecular formula is C24H31N3O4S. The molecule has 172 valence electrons. The largest absolute Gasteiger partial charge is 0.338 e. The van der Waals surface area contributed by atoms with E-state index in [1.807, 2.05) is 4.90 Å². The first kappa shape index (κ1) is 23.8. The highest BCUT2D eigenvalue weighted by molar-refractivity contribution is 7.92. The lowest BCUT2D eigenvalue weighted by Gasteiger charge is -2.35. The number of anilines is 2. The molecule has 0 radical (unpaired) electrons. The summed E-state index contributed by atoms with van der Waals surface area (Å²) < 4.78 is 26.6. The number of rotatable bonds is 7. The Morgan fingerprint density at radius 1 is 1.03 bits per heavy atom. The van der Waals surface area contributed by atoms with E-state index in [0.717, 1.165) is 6.42 Å². The van der Waals surface area contributed by atoms with Gasteiger partial charge in [0.05, 0.1) is 17.0 Å². The number of hydrogen-bond acceptors (Lipinski definition) is 4. The summed E-state index contributed by atoms with van der Waals surface area (Å²) in [6, 6.07) is 13.3. The first-order valence-corrected chi connectivity index (χ1v) is 12.6. The number of benzene rings is 2. The molecule has 2 aromatic carbocycles. The van der Waals surface area contributed by atoms with Gasteiger partial charge in [0.15, 0.2) is 0 Å². The molecule has 2 aromatic rings. The summed E-state index contributed by atoms with van der Waals surface area (Å²) in [5.74, 6) is 0.363. The van der Waals surface area contributed by atoms with Crippen LogP contribution in [0.15, 0.2) is 48.5 Å². The Balaban J connectivity index is 1.78. The third-order valence-electron chi connectivity index (χ3n) is 5.43. The molecule has 1 heterocycles. The zero-order valence-electron chi connectivity index (χ0n) is 18.8. The summed E-state index contributed by atoms with van der Waals surface area (Å²) in [5.41, 5.74) is 1.50. The molecule has 1 aliphatic rings. The Bertz CT molecular complexity index is 1070. The summed E-state index contributed by atoms with van der Waals surface area (Å²) >= 11 is 0. The van der Waals surface area contributed by atoms with Crippen LogP contribution in [0.3, 0.4) is 0 Å². The maximum atomic E-state index is 13.2. The van der Waals surface area contributed by atoms with Crippen molar-refractivity contribution in [1.82, 2.24) is 4.90 Å². The minimum atomic E-state index is -3.46. The number of carbonyl (C=O) groups is 2. The van der Waals surface area contributed by atoms with Gasteiger partial charge in [0.25, 0.3) is 11.8 Å². The first-order valence-electron chi connectivity index (χ1n) is 11.0. The highest BCUT2D eigenvalue weighted by Crippen LogP contribution is 2.25. The Morgan fingerprint density at radius 2 is 1.72 bits per heavy atom. The lowest BCUT2D eigenvalue weighted by atomic mass is 9.91. The van der Waals surface area contributed by atoms with Gasteiger partial charge in [0, 0.05) is 24.3 Å². The van der Waals surface area contributed by atoms with Crippen molar-refractivity contribution in [3.63, 3.8) is 0 Å². The third-order valence-corrected chi connectivity index (χ3v) is 6.93. The number of nitrogens with one attached hydrogen (secondary N) is 2. The highest BCUT2D eigenvalue weighted by Gasteiger charge is 2.27. The summed E-state index contributed by atoms with van der Waals surface area (Å²) in [5, 5.41) is 2.82. The van der Waals surface area contributed by atoms with E-state index in [0.29, 0.717) is 53.8 Å². The molecule has 0 saturated carbocycles. The molecule has 1 aliphatic heterocycles. The maximum absolute atomic E-state index is 13.2. The van der Waals surface area contributed by atoms with Gasteiger partial charge in [-0.2, -0.15) is 0 Å². The van der Waals surface area contributed by atoms with Gasteiger partial charge in [-0.1, -0.05) is 39.0 Å². The molecule has 2 atom stereocenters. The molecular weight excluding hydrogens is 426 g/mol. The van der Waals surface area contributed by atoms with Gasteiger partial charge in [0.2, 0.25) is 10.0 Å². The second-order valence-corrected chi connectivity index (χ2v) is 10.5. The lowest BCUT2D eigenvalue weighted by molar-refractivity contribution is 0.0624. The lowest BCUT2D eigenvalue weighted by Crippen LogP contribution is -2.42. The number of likely N-dealkylation sites (tertiary alicyclic amines) is 1. The molecule has 2 unspecified atom stereocenters. The summed E-state index contributed by atoms with van der Waals surface area (Å²) in [6.45, 7) is 7.47. The predicted molar refractivity (Wildman–Crippen MR) is 127 cm³/mol. The quantitative estimate of drug-likeness (QED) is 0.651. The van der Waals surface area contributed by atoms with Crippen LogP contribution in [0, 0.1) is 11.8 Å². The maximum Gasteiger partial charge on any atom is 0.255 e. The van der Waals surface area contributed by atoms with E-state index in [1.165, 1.54) is 6.07 Å². The fourth-order valence-corrected chi connectivity index (χ4v) is 5.32. The van der Waals surface area contributed by atoms with Crippen molar-refractivity contribution in [3.05, 3.63) is 59.7 Å². The topological polar surface area (TPSA) is 95.6 Å². The molecule has 8 heteroatoms. The summed E-state index contributed by atoms with van der Waals surface area (Å²) in [7, 11) is -3.46. The van der Waals surface area contributed by atoms with Crippen LogP contribution in [-0.4, -0.2) is 44.0 Å². The smallest absolute Gasteiger partial charge is 0.255 e. The normalized spacial score (nSPS) is 18.8. The third kappa shape index (κ3) is 6.09. The van der Waals surface area contributed by atoms with Crippen molar-refractivity contribution in [2.24, 2.45) is 11.8 Å². The van der Waals surface area contributed by atoms with Crippen molar-refractivity contribution in [2.75, 3.05) is 28.9 Å². The molecule has 2 amide bonds. The van der Waals surface area contributed by atoms with Gasteiger partial charge in [-0.05, 0) is 55.0 Å². The summed E-state index contributed by atoms with van der Waals surface area (Å²) in [6.07, 6.45) is 1.59. The number of carbonyl (C=O) groups excluding carboxylic acids is 2. The van der Waals surface area contributed by atoms with E-state index >= 15 is 0 Å². The van der Waals surface area contributed by atoms with Crippen LogP contribution in [0.5, 0.6) is 0 Å². The zero-order chi connectivity index (χ0) is 23.3. The fourth-order valence-electron chi connectivity index (χ4n) is 4.20. The number of amides is 2. The van der Waals surface area contributed by atoms with Gasteiger partial charge in [-0.25, -0.2) is 8.42 Å². The van der Waals surface area contributed by atoms with Gasteiger partial charge < -0.3 is 10.2 Å². The SMILES string of the molecule is CCCS(=O)(=O)Nc1cccc(C(=O)Nc2ccccc2C(=O)N2CC(C)CC(C)C2)c1. The number of nitrogens with zero attached hydrogens (tertiary/aromatic N) is 1. The number of para-hydroxylation sites is 1. The standard InChI is InChI=1S/C24H31N3O4S/c1-4-12-32(30,31)26-20-9-7-8-19(14-20)23(28)25-22-11-6-5-10-21(22)24(29)27-15-17(2)13-18(3)16-27/h5-11,14,17-18,26H,4,12-13,15-16H2,1-3H3,(H,25,28). The van der Waals surface area contributed by atoms with Gasteiger partial charge in [-0.15, -0.1) is 0 Å². The first-order chi connectivity index (χ1) is 15.2. The van der Waals surface area contributed by atoms with Crippen molar-refractivity contribution in [2.45, 2.75) is 33.6 Å². The Kier molecular flexibility index (Phi) is 7.56. The molecule has 3 rings (SSSR count). The minimum absolute atomic E-state index is 0.00659. The van der Waals surface area contributed by atoms with Crippen LogP contribution in [0.2, 0.25) is 0 Å². The molecule has 32 heavy (non-hydrogen) atoms. The number of hydrogen-bond donors (Lipinski definition) is 2. The van der Waals surface area contributed by atoms with Gasteiger partial charge in [-0.3, -0.25) is 14.3 Å². The van der Waals surface area contributed by atoms with Crippen LogP contribution < -0.4 is 10.0 Å². The van der Waals surface area contributed by atoms with E-state index in [-0.39, 0.29) is 11.7 Å². The highest BCUT2D eigenvalue weighted by atomic mass is 32.2. The van der Waals surface area contributed by atoms with E-state index in [9.17, 15) is 18.0 Å². The second-order valence-electron chi connectivity index (χ2n) is 8.66. The van der Waals surface area contributed by atoms with E-state index in [4.69, 9.17) is 0 Å². The van der Waals surface area contributed by atoms with E-state index < -0.39 is 15.9 Å². The molecule has 7 nitrogen and oxygen atoms in total. The van der Waals surface area contributed by atoms with E-state index in [2.05, 4.69) is 23.9 Å². The zero-order valence-corrected chi connectivity index (χ0v) is 19.6. The van der Waals surface area contributed by atoms with Crippen molar-refractivity contribution < 1.29 is 18.0 Å². The molecule has 2 N–H and O–H groups in total. The van der Waals surface area contributed by atoms with Crippen molar-refractivity contribution in [3.8, 4) is 0 Å². The van der Waals surface area contributed by atoms with Crippen LogP contribution in [0.1, 0.15) is 54.3 Å². The molecule has 1 saturated heterocycles. The molecule has 1 fully saturated rings. The van der Waals surface area contributed by atoms with Crippen LogP contribution in [-0.2, 0) is 10.0 Å².